The van der Waals surface area contributed by atoms with Gasteiger partial charge in [0.25, 0.3) is 0 Å². The number of aliphatic imine (C=N–C) groups is 2. The summed E-state index contributed by atoms with van der Waals surface area (Å²) in [7, 11) is 0. The fourth-order valence-electron chi connectivity index (χ4n) is 11.7. The number of nitrogens with zero attached hydrogens (tertiary/aromatic N) is 2. The lowest BCUT2D eigenvalue weighted by molar-refractivity contribution is 0.459. The van der Waals surface area contributed by atoms with Gasteiger partial charge in [0.15, 0.2) is 6.17 Å². The zero-order chi connectivity index (χ0) is 42.9. The van der Waals surface area contributed by atoms with Crippen molar-refractivity contribution in [3.63, 3.8) is 0 Å². The number of amidine groups is 2. The molecule has 65 heavy (non-hydrogen) atoms. The number of fused-ring (bicyclic) bond motifs is 11. The lowest BCUT2D eigenvalue weighted by Crippen LogP contribution is -2.36. The lowest BCUT2D eigenvalue weighted by atomic mass is 9.64. The van der Waals surface area contributed by atoms with Crippen molar-refractivity contribution in [2.45, 2.75) is 23.9 Å². The molecule has 0 radical (unpaired) electrons. The number of hydrogen-bond donors (Lipinski definition) is 1. The molecule has 0 saturated carbocycles. The van der Waals surface area contributed by atoms with Gasteiger partial charge in [0.1, 0.15) is 11.7 Å². The van der Waals surface area contributed by atoms with E-state index in [-0.39, 0.29) is 29.3 Å². The van der Waals surface area contributed by atoms with Crippen LogP contribution >= 0.6 is 0 Å². The van der Waals surface area contributed by atoms with Crippen molar-refractivity contribution in [1.29, 1.82) is 0 Å². The molecule has 5 aliphatic rings. The largest absolute Gasteiger partial charge is 0.324 e. The minimum absolute atomic E-state index is 0.191. The third-order valence-corrected chi connectivity index (χ3v) is 14.6. The van der Waals surface area contributed by atoms with Crippen molar-refractivity contribution in [3.8, 4) is 22.3 Å². The maximum Gasteiger partial charge on any atom is 0.169 e. The van der Waals surface area contributed by atoms with E-state index in [1.165, 1.54) is 72.0 Å². The number of allylic oxidation sites excluding steroid dienone is 8. The van der Waals surface area contributed by atoms with E-state index in [4.69, 9.17) is 9.98 Å². The summed E-state index contributed by atoms with van der Waals surface area (Å²) in [6.45, 7) is 0. The van der Waals surface area contributed by atoms with Crippen molar-refractivity contribution in [2.75, 3.05) is 0 Å². The Balaban J connectivity index is 0.873. The summed E-state index contributed by atoms with van der Waals surface area (Å²) in [4.78, 5) is 10.2. The highest BCUT2D eigenvalue weighted by Gasteiger charge is 2.58. The molecule has 3 nitrogen and oxygen atoms in total. The van der Waals surface area contributed by atoms with Crippen LogP contribution in [0.2, 0.25) is 0 Å². The second-order valence-electron chi connectivity index (χ2n) is 18.0. The molecule has 1 N–H and O–H groups in total. The standard InChI is InChI=1S/C62H45N3/c1-4-17-41(18-5-1)57-49-26-11-10-23-48(49)39-56-58(57)52-36-35-47(38-55(52)62(56)53-29-14-12-27-50(53)51-28-13-15-30-54(51)62)46-25-16-24-45(37-46)40-31-33-44(34-32-40)61-64-59(42-19-6-2-7-20-42)63-60(65-61)43-21-8-3-9-22-43/h1-36,38-39,46,52,55,59H,37H2,(H,63,64,65). The molecule has 8 aromatic rings. The van der Waals surface area contributed by atoms with Crippen molar-refractivity contribution in [2.24, 2.45) is 21.8 Å². The van der Waals surface area contributed by atoms with Crippen LogP contribution in [-0.2, 0) is 5.41 Å². The van der Waals surface area contributed by atoms with E-state index in [1.54, 1.807) is 0 Å². The van der Waals surface area contributed by atoms with Crippen molar-refractivity contribution in [3.05, 3.63) is 281 Å². The highest BCUT2D eigenvalue weighted by molar-refractivity contribution is 6.16. The molecular formula is C62H45N3. The Bertz CT molecular complexity index is 3320. The van der Waals surface area contributed by atoms with Gasteiger partial charge in [-0.3, -0.25) is 0 Å². The third-order valence-electron chi connectivity index (χ3n) is 14.6. The van der Waals surface area contributed by atoms with Gasteiger partial charge in [-0.1, -0.05) is 225 Å². The summed E-state index contributed by atoms with van der Waals surface area (Å²) in [5.41, 5.74) is 17.9. The van der Waals surface area contributed by atoms with E-state index < -0.39 is 0 Å². The van der Waals surface area contributed by atoms with E-state index in [9.17, 15) is 0 Å². The summed E-state index contributed by atoms with van der Waals surface area (Å²) in [6.07, 6.45) is 15.3. The Labute approximate surface area is 380 Å². The number of nitrogens with one attached hydrogen (secondary N) is 1. The molecular weight excluding hydrogens is 787 g/mol. The molecule has 1 aliphatic heterocycles. The zero-order valence-electron chi connectivity index (χ0n) is 35.9. The Kier molecular flexibility index (Phi) is 8.77. The fourth-order valence-corrected chi connectivity index (χ4v) is 11.7. The van der Waals surface area contributed by atoms with Crippen LogP contribution in [0.5, 0.6) is 0 Å². The van der Waals surface area contributed by atoms with E-state index in [1.807, 2.05) is 12.1 Å². The van der Waals surface area contributed by atoms with E-state index in [2.05, 4.69) is 224 Å². The second-order valence-corrected chi connectivity index (χ2v) is 18.0. The topological polar surface area (TPSA) is 36.8 Å². The summed E-state index contributed by atoms with van der Waals surface area (Å²) >= 11 is 0. The van der Waals surface area contributed by atoms with Gasteiger partial charge in [0, 0.05) is 28.9 Å². The Hall–Kier alpha value is -7.88. The van der Waals surface area contributed by atoms with Crippen LogP contribution in [0.15, 0.2) is 246 Å². The molecule has 1 spiro atoms. The van der Waals surface area contributed by atoms with Gasteiger partial charge < -0.3 is 5.32 Å². The molecule has 1 heterocycles. The van der Waals surface area contributed by atoms with E-state index in [0.29, 0.717) is 0 Å². The Morgan fingerprint density at radius 1 is 0.523 bits per heavy atom. The van der Waals surface area contributed by atoms with Gasteiger partial charge >= 0.3 is 0 Å². The van der Waals surface area contributed by atoms with E-state index in [0.717, 1.165) is 34.8 Å². The highest BCUT2D eigenvalue weighted by Crippen LogP contribution is 2.67. The average molecular weight is 832 g/mol. The minimum Gasteiger partial charge on any atom is -0.324 e. The predicted molar refractivity (Wildman–Crippen MR) is 268 cm³/mol. The van der Waals surface area contributed by atoms with Gasteiger partial charge in [-0.2, -0.15) is 0 Å². The Morgan fingerprint density at radius 2 is 1.11 bits per heavy atom. The van der Waals surface area contributed by atoms with Crippen molar-refractivity contribution < 1.29 is 0 Å². The number of hydrogen-bond acceptors (Lipinski definition) is 3. The van der Waals surface area contributed by atoms with Crippen LogP contribution in [0.25, 0.3) is 38.6 Å². The lowest BCUT2D eigenvalue weighted by Gasteiger charge is -2.37. The first-order valence-electron chi connectivity index (χ1n) is 22.9. The van der Waals surface area contributed by atoms with Gasteiger partial charge in [0.2, 0.25) is 0 Å². The molecule has 3 heteroatoms. The van der Waals surface area contributed by atoms with Gasteiger partial charge in [-0.15, -0.1) is 0 Å². The van der Waals surface area contributed by atoms with Crippen LogP contribution in [-0.4, -0.2) is 11.7 Å². The smallest absolute Gasteiger partial charge is 0.169 e. The molecule has 308 valence electrons. The highest BCUT2D eigenvalue weighted by atomic mass is 15.2. The first-order valence-corrected chi connectivity index (χ1v) is 22.9. The van der Waals surface area contributed by atoms with Crippen LogP contribution in [0.4, 0.5) is 0 Å². The fraction of sp³-hybridized carbons (Fsp3) is 0.0968. The van der Waals surface area contributed by atoms with Gasteiger partial charge in [-0.05, 0) is 90.0 Å². The maximum absolute atomic E-state index is 5.13. The quantitative estimate of drug-likeness (QED) is 0.178. The predicted octanol–water partition coefficient (Wildman–Crippen LogP) is 14.2. The zero-order valence-corrected chi connectivity index (χ0v) is 35.9. The third kappa shape index (κ3) is 5.96. The van der Waals surface area contributed by atoms with E-state index >= 15 is 0 Å². The molecule has 4 aliphatic carbocycles. The van der Waals surface area contributed by atoms with Crippen LogP contribution in [0.1, 0.15) is 63.0 Å². The molecule has 4 unspecified atom stereocenters. The second kappa shape index (κ2) is 15.1. The number of rotatable bonds is 6. The summed E-state index contributed by atoms with van der Waals surface area (Å²) < 4.78 is 0. The number of benzene rings is 8. The summed E-state index contributed by atoms with van der Waals surface area (Å²) in [5, 5.41) is 6.19. The monoisotopic (exact) mass is 831 g/mol. The van der Waals surface area contributed by atoms with Crippen molar-refractivity contribution in [1.82, 2.24) is 5.32 Å². The molecule has 4 atom stereocenters. The first kappa shape index (κ1) is 37.7. The molecule has 0 bridgehead atoms. The molecule has 0 aromatic heterocycles. The summed E-state index contributed by atoms with van der Waals surface area (Å²) in [5.74, 6) is 2.29. The molecule has 0 fully saturated rings. The summed E-state index contributed by atoms with van der Waals surface area (Å²) in [6, 6.07) is 70.8. The molecule has 0 saturated heterocycles. The first-order chi connectivity index (χ1) is 32.2. The van der Waals surface area contributed by atoms with Crippen LogP contribution < -0.4 is 5.32 Å². The molecule has 8 aromatic carbocycles. The van der Waals surface area contributed by atoms with Crippen LogP contribution in [0.3, 0.4) is 0 Å². The normalized spacial score (nSPS) is 20.7. The van der Waals surface area contributed by atoms with Gasteiger partial charge in [-0.25, -0.2) is 9.98 Å². The SMILES string of the molecule is C1=CC(C2=CC3C(C=C2)c2c(cc4ccccc4c2-c2ccccc2)C32c3ccccc3-c3ccccc32)CC(c2ccc(C3=NC(c4ccccc4)N=C(c4ccccc4)N3)cc2)=C1. The van der Waals surface area contributed by atoms with Gasteiger partial charge in [0.05, 0.1) is 5.41 Å². The molecule has 13 rings (SSSR count). The maximum atomic E-state index is 5.13. The van der Waals surface area contributed by atoms with Crippen LogP contribution in [0, 0.1) is 11.8 Å². The minimum atomic E-state index is -0.343. The average Bonchev–Trinajstić information content (AvgIpc) is 3.85. The molecule has 0 amide bonds. The van der Waals surface area contributed by atoms with Crippen molar-refractivity contribution >= 4 is 28.0 Å². The Morgan fingerprint density at radius 3 is 1.82 bits per heavy atom.